The predicted molar refractivity (Wildman–Crippen MR) is 68.0 cm³/mol. The summed E-state index contributed by atoms with van der Waals surface area (Å²) < 4.78 is 6.44. The molecule has 2 aromatic heterocycles. The maximum Gasteiger partial charge on any atom is 0.269 e. The second-order valence-corrected chi connectivity index (χ2v) is 4.37. The van der Waals surface area contributed by atoms with Gasteiger partial charge in [0.1, 0.15) is 11.5 Å². The van der Waals surface area contributed by atoms with Crippen molar-refractivity contribution < 1.29 is 9.32 Å². The van der Waals surface area contributed by atoms with Crippen LogP contribution >= 0.6 is 0 Å². The molecule has 0 spiro atoms. The summed E-state index contributed by atoms with van der Waals surface area (Å²) in [7, 11) is 1.62. The average molecular weight is 264 g/mol. The minimum Gasteiger partial charge on any atom is -0.361 e. The lowest BCUT2D eigenvalue weighted by molar-refractivity contribution is 0.0944. The van der Waals surface area contributed by atoms with Crippen LogP contribution < -0.4 is 10.9 Å². The van der Waals surface area contributed by atoms with Crippen LogP contribution in [-0.2, 0) is 13.5 Å². The third-order valence-electron chi connectivity index (χ3n) is 2.98. The second kappa shape index (κ2) is 5.13. The lowest BCUT2D eigenvalue weighted by Gasteiger charge is -2.05. The van der Waals surface area contributed by atoms with Gasteiger partial charge in [-0.2, -0.15) is 0 Å². The number of hydrogen-bond acceptors (Lipinski definition) is 4. The standard InChI is InChI=1S/C12H16N4O3/c1-7-9(8(2)19-15-7)4-5-13-12(18)10-6-11(17)14-16(10)3/h6H,4-5H2,1-3H3,(H,13,18)(H,14,17). The molecule has 0 fully saturated rings. The summed E-state index contributed by atoms with van der Waals surface area (Å²) in [5.41, 5.74) is 1.85. The van der Waals surface area contributed by atoms with Crippen molar-refractivity contribution in [2.45, 2.75) is 20.3 Å². The van der Waals surface area contributed by atoms with E-state index in [1.807, 2.05) is 13.8 Å². The first-order valence-electron chi connectivity index (χ1n) is 5.95. The molecule has 0 radical (unpaired) electrons. The number of carbonyl (C=O) groups is 1. The number of carbonyl (C=O) groups excluding carboxylic acids is 1. The topological polar surface area (TPSA) is 92.9 Å². The zero-order chi connectivity index (χ0) is 14.0. The first kappa shape index (κ1) is 13.1. The van der Waals surface area contributed by atoms with Crippen molar-refractivity contribution >= 4 is 5.91 Å². The highest BCUT2D eigenvalue weighted by atomic mass is 16.5. The number of amides is 1. The van der Waals surface area contributed by atoms with Gasteiger partial charge in [-0.05, 0) is 20.3 Å². The number of aryl methyl sites for hydroxylation is 3. The molecule has 2 N–H and O–H groups in total. The Morgan fingerprint density at radius 1 is 1.53 bits per heavy atom. The molecule has 1 amide bonds. The van der Waals surface area contributed by atoms with E-state index >= 15 is 0 Å². The summed E-state index contributed by atoms with van der Waals surface area (Å²) in [6.45, 7) is 4.16. The molecule has 0 saturated carbocycles. The molecule has 19 heavy (non-hydrogen) atoms. The zero-order valence-corrected chi connectivity index (χ0v) is 11.1. The molecule has 0 unspecified atom stereocenters. The van der Waals surface area contributed by atoms with Crippen molar-refractivity contribution in [1.82, 2.24) is 20.3 Å². The Balaban J connectivity index is 1.95. The maximum atomic E-state index is 11.8. The molecule has 0 aromatic carbocycles. The number of rotatable bonds is 4. The molecule has 2 aromatic rings. The third-order valence-corrected chi connectivity index (χ3v) is 2.98. The van der Waals surface area contributed by atoms with Crippen LogP contribution in [0.3, 0.4) is 0 Å². The van der Waals surface area contributed by atoms with Crippen LogP contribution in [0.4, 0.5) is 0 Å². The van der Waals surface area contributed by atoms with Crippen LogP contribution in [0.1, 0.15) is 27.5 Å². The molecule has 0 bridgehead atoms. The second-order valence-electron chi connectivity index (χ2n) is 4.37. The molecule has 2 heterocycles. The summed E-state index contributed by atoms with van der Waals surface area (Å²) in [4.78, 5) is 22.9. The molecule has 0 aliphatic rings. The van der Waals surface area contributed by atoms with Crippen molar-refractivity contribution in [3.05, 3.63) is 39.1 Å². The van der Waals surface area contributed by atoms with Crippen molar-refractivity contribution in [3.8, 4) is 0 Å². The van der Waals surface area contributed by atoms with Crippen molar-refractivity contribution in [2.24, 2.45) is 7.05 Å². The van der Waals surface area contributed by atoms with Gasteiger partial charge in [0.15, 0.2) is 0 Å². The fraction of sp³-hybridized carbons (Fsp3) is 0.417. The quantitative estimate of drug-likeness (QED) is 0.830. The van der Waals surface area contributed by atoms with Crippen LogP contribution in [0.5, 0.6) is 0 Å². The van der Waals surface area contributed by atoms with Gasteiger partial charge in [0.25, 0.3) is 11.5 Å². The Labute approximate surface area is 109 Å². The normalized spacial score (nSPS) is 10.7. The third kappa shape index (κ3) is 2.75. The fourth-order valence-corrected chi connectivity index (χ4v) is 1.95. The van der Waals surface area contributed by atoms with Crippen LogP contribution in [-0.4, -0.2) is 27.4 Å². The molecule has 7 nitrogen and oxygen atoms in total. The molecule has 0 aliphatic heterocycles. The highest BCUT2D eigenvalue weighted by Crippen LogP contribution is 2.12. The highest BCUT2D eigenvalue weighted by molar-refractivity contribution is 5.92. The van der Waals surface area contributed by atoms with Gasteiger partial charge in [0.05, 0.1) is 5.69 Å². The maximum absolute atomic E-state index is 11.8. The average Bonchev–Trinajstić information content (AvgIpc) is 2.84. The lowest BCUT2D eigenvalue weighted by Crippen LogP contribution is -2.27. The number of aromatic amines is 1. The van der Waals surface area contributed by atoms with Gasteiger partial charge in [0.2, 0.25) is 0 Å². The first-order valence-corrected chi connectivity index (χ1v) is 5.95. The minimum atomic E-state index is -0.293. The molecule has 0 saturated heterocycles. The van der Waals surface area contributed by atoms with E-state index < -0.39 is 0 Å². The summed E-state index contributed by atoms with van der Waals surface area (Å²) >= 11 is 0. The van der Waals surface area contributed by atoms with Crippen LogP contribution in [0.25, 0.3) is 0 Å². The van der Waals surface area contributed by atoms with E-state index in [1.165, 1.54) is 10.7 Å². The summed E-state index contributed by atoms with van der Waals surface area (Å²) in [5, 5.41) is 9.10. The Morgan fingerprint density at radius 3 is 2.79 bits per heavy atom. The molecule has 102 valence electrons. The minimum absolute atomic E-state index is 0.285. The number of aromatic nitrogens is 3. The number of hydrogen-bond donors (Lipinski definition) is 2. The van der Waals surface area contributed by atoms with Gasteiger partial charge in [-0.1, -0.05) is 5.16 Å². The Morgan fingerprint density at radius 2 is 2.26 bits per heavy atom. The van der Waals surface area contributed by atoms with E-state index in [9.17, 15) is 9.59 Å². The van der Waals surface area contributed by atoms with Crippen molar-refractivity contribution in [1.29, 1.82) is 0 Å². The first-order chi connectivity index (χ1) is 8.99. The van der Waals surface area contributed by atoms with E-state index in [0.29, 0.717) is 18.7 Å². The van der Waals surface area contributed by atoms with Gasteiger partial charge < -0.3 is 9.84 Å². The van der Waals surface area contributed by atoms with E-state index in [4.69, 9.17) is 4.52 Å². The molecule has 7 heteroatoms. The molecular weight excluding hydrogens is 248 g/mol. The monoisotopic (exact) mass is 264 g/mol. The van der Waals surface area contributed by atoms with E-state index in [2.05, 4.69) is 15.6 Å². The van der Waals surface area contributed by atoms with Crippen LogP contribution in [0.15, 0.2) is 15.4 Å². The fourth-order valence-electron chi connectivity index (χ4n) is 1.95. The molecule has 0 atom stereocenters. The molecular formula is C12H16N4O3. The Hall–Kier alpha value is -2.31. The van der Waals surface area contributed by atoms with E-state index in [0.717, 1.165) is 17.0 Å². The van der Waals surface area contributed by atoms with Crippen LogP contribution in [0, 0.1) is 13.8 Å². The van der Waals surface area contributed by atoms with Gasteiger partial charge in [0, 0.05) is 25.2 Å². The Kier molecular flexibility index (Phi) is 3.55. The molecule has 0 aliphatic carbocycles. The molecule has 2 rings (SSSR count). The summed E-state index contributed by atoms with van der Waals surface area (Å²) in [6.07, 6.45) is 0.644. The van der Waals surface area contributed by atoms with Crippen LogP contribution in [0.2, 0.25) is 0 Å². The smallest absolute Gasteiger partial charge is 0.269 e. The van der Waals surface area contributed by atoms with Gasteiger partial charge in [-0.15, -0.1) is 0 Å². The summed E-state index contributed by atoms with van der Waals surface area (Å²) in [6, 6.07) is 1.27. The van der Waals surface area contributed by atoms with E-state index in [-0.39, 0.29) is 11.5 Å². The zero-order valence-electron chi connectivity index (χ0n) is 11.1. The van der Waals surface area contributed by atoms with Crippen molar-refractivity contribution in [2.75, 3.05) is 6.54 Å². The van der Waals surface area contributed by atoms with E-state index in [1.54, 1.807) is 7.05 Å². The number of nitrogens with one attached hydrogen (secondary N) is 2. The Bertz CT molecular complexity index is 631. The predicted octanol–water partition coefficient (Wildman–Crippen LogP) is 0.291. The summed E-state index contributed by atoms with van der Waals surface area (Å²) in [5.74, 6) is 0.480. The number of nitrogens with zero attached hydrogens (tertiary/aromatic N) is 2. The van der Waals surface area contributed by atoms with Gasteiger partial charge in [-0.25, -0.2) is 0 Å². The SMILES string of the molecule is Cc1noc(C)c1CCNC(=O)c1cc(=O)[nH]n1C. The van der Waals surface area contributed by atoms with Crippen molar-refractivity contribution in [3.63, 3.8) is 0 Å². The largest absolute Gasteiger partial charge is 0.361 e. The van der Waals surface area contributed by atoms with Gasteiger partial charge >= 0.3 is 0 Å². The lowest BCUT2D eigenvalue weighted by atomic mass is 10.1. The highest BCUT2D eigenvalue weighted by Gasteiger charge is 2.12. The van der Waals surface area contributed by atoms with Gasteiger partial charge in [-0.3, -0.25) is 19.4 Å². The number of H-pyrrole nitrogens is 1.